The third kappa shape index (κ3) is 4.19. The minimum Gasteiger partial charge on any atom is -0.344 e. The van der Waals surface area contributed by atoms with Gasteiger partial charge in [0.1, 0.15) is 0 Å². The molecule has 0 aromatic carbocycles. The maximum atomic E-state index is 12.1. The van der Waals surface area contributed by atoms with Crippen LogP contribution in [0.2, 0.25) is 0 Å². The van der Waals surface area contributed by atoms with Gasteiger partial charge >= 0.3 is 0 Å². The Morgan fingerprint density at radius 1 is 1.47 bits per heavy atom. The second-order valence-electron chi connectivity index (χ2n) is 5.20. The molecule has 0 radical (unpaired) electrons. The summed E-state index contributed by atoms with van der Waals surface area (Å²) < 4.78 is 0. The van der Waals surface area contributed by atoms with Crippen molar-refractivity contribution in [3.63, 3.8) is 0 Å². The monoisotopic (exact) mass is 260 g/mol. The number of rotatable bonds is 5. The molecule has 0 spiro atoms. The summed E-state index contributed by atoms with van der Waals surface area (Å²) in [4.78, 5) is 16.5. The number of carbonyl (C=O) groups is 1. The Morgan fingerprint density at radius 3 is 2.68 bits per heavy atom. The lowest BCUT2D eigenvalue weighted by atomic mass is 9.97. The standard InChI is InChI=1S/C16H24N2O/c1-6-8-13(5)16(19)18-14(11(2)3)15-12(4)9-7-10-17-15/h7-11,14H,6H2,1-5H3,(H,18,19). The van der Waals surface area contributed by atoms with Crippen molar-refractivity contribution in [2.75, 3.05) is 0 Å². The summed E-state index contributed by atoms with van der Waals surface area (Å²) in [5.41, 5.74) is 2.83. The average molecular weight is 260 g/mol. The SMILES string of the molecule is CCC=C(C)C(=O)NC(c1ncccc1C)C(C)C. The van der Waals surface area contributed by atoms with Crippen LogP contribution in [0.25, 0.3) is 0 Å². The minimum atomic E-state index is -0.0473. The Morgan fingerprint density at radius 2 is 2.16 bits per heavy atom. The highest BCUT2D eigenvalue weighted by molar-refractivity contribution is 5.93. The first-order valence-electron chi connectivity index (χ1n) is 6.86. The molecule has 1 N–H and O–H groups in total. The number of hydrogen-bond donors (Lipinski definition) is 1. The third-order valence-corrected chi connectivity index (χ3v) is 3.17. The van der Waals surface area contributed by atoms with Gasteiger partial charge in [-0.05, 0) is 37.8 Å². The van der Waals surface area contributed by atoms with Crippen LogP contribution >= 0.6 is 0 Å². The van der Waals surface area contributed by atoms with Crippen molar-refractivity contribution in [3.8, 4) is 0 Å². The van der Waals surface area contributed by atoms with Crippen LogP contribution in [0.1, 0.15) is 51.4 Å². The van der Waals surface area contributed by atoms with Crippen LogP contribution in [0, 0.1) is 12.8 Å². The van der Waals surface area contributed by atoms with E-state index >= 15 is 0 Å². The molecule has 0 saturated heterocycles. The predicted octanol–water partition coefficient (Wildman–Crippen LogP) is 3.56. The Bertz CT molecular complexity index is 464. The zero-order valence-electron chi connectivity index (χ0n) is 12.5. The molecule has 3 nitrogen and oxygen atoms in total. The first-order valence-corrected chi connectivity index (χ1v) is 6.86. The van der Waals surface area contributed by atoms with Crippen LogP contribution in [0.15, 0.2) is 30.0 Å². The Balaban J connectivity index is 2.95. The first-order chi connectivity index (χ1) is 8.97. The van der Waals surface area contributed by atoms with E-state index in [1.54, 1.807) is 6.20 Å². The molecule has 1 aromatic rings. The van der Waals surface area contributed by atoms with E-state index in [0.29, 0.717) is 5.92 Å². The predicted molar refractivity (Wildman–Crippen MR) is 78.7 cm³/mol. The van der Waals surface area contributed by atoms with Crippen molar-refractivity contribution in [2.45, 2.75) is 47.1 Å². The molecule has 0 bridgehead atoms. The molecule has 3 heteroatoms. The van der Waals surface area contributed by atoms with Crippen molar-refractivity contribution >= 4 is 5.91 Å². The molecule has 104 valence electrons. The molecular formula is C16H24N2O. The summed E-state index contributed by atoms with van der Waals surface area (Å²) in [6.07, 6.45) is 4.59. The third-order valence-electron chi connectivity index (χ3n) is 3.17. The van der Waals surface area contributed by atoms with Crippen LogP contribution in [0.5, 0.6) is 0 Å². The molecule has 0 aliphatic heterocycles. The molecule has 0 fully saturated rings. The zero-order chi connectivity index (χ0) is 14.4. The summed E-state index contributed by atoms with van der Waals surface area (Å²) in [5, 5.41) is 3.09. The van der Waals surface area contributed by atoms with Crippen molar-refractivity contribution < 1.29 is 4.79 Å². The van der Waals surface area contributed by atoms with Crippen LogP contribution in [-0.4, -0.2) is 10.9 Å². The molecule has 1 unspecified atom stereocenters. The van der Waals surface area contributed by atoms with E-state index in [1.165, 1.54) is 0 Å². The van der Waals surface area contributed by atoms with Gasteiger partial charge in [-0.15, -0.1) is 0 Å². The van der Waals surface area contributed by atoms with Crippen molar-refractivity contribution in [2.24, 2.45) is 5.92 Å². The largest absolute Gasteiger partial charge is 0.344 e. The van der Waals surface area contributed by atoms with E-state index in [0.717, 1.165) is 23.3 Å². The molecule has 1 rings (SSSR count). The average Bonchev–Trinajstić information content (AvgIpc) is 2.36. The van der Waals surface area contributed by atoms with Gasteiger partial charge in [0.2, 0.25) is 5.91 Å². The summed E-state index contributed by atoms with van der Waals surface area (Å²) >= 11 is 0. The Hall–Kier alpha value is -1.64. The van der Waals surface area contributed by atoms with Gasteiger partial charge in [-0.2, -0.15) is 0 Å². The molecule has 0 saturated carbocycles. The van der Waals surface area contributed by atoms with E-state index in [2.05, 4.69) is 24.1 Å². The lowest BCUT2D eigenvalue weighted by Crippen LogP contribution is -2.33. The van der Waals surface area contributed by atoms with Crippen LogP contribution in [0.3, 0.4) is 0 Å². The molecule has 1 aromatic heterocycles. The highest BCUT2D eigenvalue weighted by Gasteiger charge is 2.21. The summed E-state index contributed by atoms with van der Waals surface area (Å²) in [7, 11) is 0. The highest BCUT2D eigenvalue weighted by Crippen LogP contribution is 2.22. The fourth-order valence-corrected chi connectivity index (χ4v) is 2.03. The second-order valence-corrected chi connectivity index (χ2v) is 5.20. The molecule has 1 atom stereocenters. The molecule has 0 aliphatic carbocycles. The van der Waals surface area contributed by atoms with Gasteiger partial charge in [0, 0.05) is 11.8 Å². The number of aryl methyl sites for hydroxylation is 1. The number of hydrogen-bond acceptors (Lipinski definition) is 2. The van der Waals surface area contributed by atoms with Crippen molar-refractivity contribution in [1.29, 1.82) is 0 Å². The fraction of sp³-hybridized carbons (Fsp3) is 0.500. The lowest BCUT2D eigenvalue weighted by Gasteiger charge is -2.23. The van der Waals surface area contributed by atoms with E-state index in [4.69, 9.17) is 0 Å². The van der Waals surface area contributed by atoms with E-state index in [9.17, 15) is 4.79 Å². The van der Waals surface area contributed by atoms with Gasteiger partial charge in [-0.3, -0.25) is 9.78 Å². The summed E-state index contributed by atoms with van der Waals surface area (Å²) in [6, 6.07) is 3.90. The zero-order valence-corrected chi connectivity index (χ0v) is 12.5. The van der Waals surface area contributed by atoms with E-state index in [-0.39, 0.29) is 11.9 Å². The maximum absolute atomic E-state index is 12.1. The van der Waals surface area contributed by atoms with Gasteiger partial charge in [0.15, 0.2) is 0 Å². The second kappa shape index (κ2) is 7.07. The number of aromatic nitrogens is 1. The van der Waals surface area contributed by atoms with Gasteiger partial charge in [-0.25, -0.2) is 0 Å². The van der Waals surface area contributed by atoms with E-state index in [1.807, 2.05) is 39.0 Å². The number of pyridine rings is 1. The number of carbonyl (C=O) groups excluding carboxylic acids is 1. The van der Waals surface area contributed by atoms with Gasteiger partial charge < -0.3 is 5.32 Å². The first kappa shape index (κ1) is 15.4. The Labute approximate surface area is 116 Å². The van der Waals surface area contributed by atoms with Crippen molar-refractivity contribution in [1.82, 2.24) is 10.3 Å². The lowest BCUT2D eigenvalue weighted by molar-refractivity contribution is -0.118. The van der Waals surface area contributed by atoms with Crippen molar-refractivity contribution in [3.05, 3.63) is 41.2 Å². The molecule has 19 heavy (non-hydrogen) atoms. The summed E-state index contributed by atoms with van der Waals surface area (Å²) in [6.45, 7) is 10.1. The number of amides is 1. The summed E-state index contributed by atoms with van der Waals surface area (Å²) in [5.74, 6) is 0.289. The van der Waals surface area contributed by atoms with Crippen LogP contribution in [0.4, 0.5) is 0 Å². The van der Waals surface area contributed by atoms with Crippen LogP contribution < -0.4 is 5.32 Å². The normalized spacial score (nSPS) is 13.5. The minimum absolute atomic E-state index is 0.00870. The van der Waals surface area contributed by atoms with Gasteiger partial charge in [-0.1, -0.05) is 32.9 Å². The van der Waals surface area contributed by atoms with E-state index < -0.39 is 0 Å². The van der Waals surface area contributed by atoms with Crippen LogP contribution in [-0.2, 0) is 4.79 Å². The quantitative estimate of drug-likeness (QED) is 0.822. The number of nitrogens with zero attached hydrogens (tertiary/aromatic N) is 1. The number of allylic oxidation sites excluding steroid dienone is 1. The van der Waals surface area contributed by atoms with Gasteiger partial charge in [0.25, 0.3) is 0 Å². The smallest absolute Gasteiger partial charge is 0.247 e. The molecule has 1 amide bonds. The van der Waals surface area contributed by atoms with Gasteiger partial charge in [0.05, 0.1) is 11.7 Å². The molecular weight excluding hydrogens is 236 g/mol. The number of nitrogens with one attached hydrogen (secondary N) is 1. The maximum Gasteiger partial charge on any atom is 0.247 e. The Kier molecular flexibility index (Phi) is 5.74. The molecule has 1 heterocycles. The molecule has 0 aliphatic rings. The highest BCUT2D eigenvalue weighted by atomic mass is 16.1. The topological polar surface area (TPSA) is 42.0 Å². The fourth-order valence-electron chi connectivity index (χ4n) is 2.03.